The summed E-state index contributed by atoms with van der Waals surface area (Å²) >= 11 is 12.4. The molecule has 0 bridgehead atoms. The molecule has 1 heterocycles. The number of halogens is 2. The highest BCUT2D eigenvalue weighted by molar-refractivity contribution is 6.37. The summed E-state index contributed by atoms with van der Waals surface area (Å²) in [6.07, 6.45) is 1.04. The molecule has 0 fully saturated rings. The van der Waals surface area contributed by atoms with E-state index in [4.69, 9.17) is 23.2 Å². The van der Waals surface area contributed by atoms with E-state index < -0.39 is 0 Å². The monoisotopic (exact) mass is 299 g/mol. The molecule has 0 radical (unpaired) electrons. The molecule has 1 atom stereocenters. The Balaban J connectivity index is 2.39. The predicted octanol–water partition coefficient (Wildman–Crippen LogP) is 3.03. The molecule has 0 spiro atoms. The van der Waals surface area contributed by atoms with E-state index >= 15 is 0 Å². The van der Waals surface area contributed by atoms with Gasteiger partial charge in [0.15, 0.2) is 5.82 Å². The second kappa shape index (κ2) is 6.32. The lowest BCUT2D eigenvalue weighted by Crippen LogP contribution is -2.23. The molecule has 2 rings (SSSR count). The molecule has 102 valence electrons. The molecule has 1 aromatic heterocycles. The van der Waals surface area contributed by atoms with Gasteiger partial charge < -0.3 is 5.32 Å². The molecule has 1 aromatic carbocycles. The number of tetrazole rings is 1. The standard InChI is InChI=1S/C12H15Cl2N5/c1-3-7-15-8(2)12-16-17-18-19(12)11-9(13)5-4-6-10(11)14/h4-6,8,15H,3,7H2,1-2H3. The minimum absolute atomic E-state index is 0.0160. The molecular formula is C12H15Cl2N5. The normalized spacial score (nSPS) is 12.6. The number of rotatable bonds is 5. The maximum Gasteiger partial charge on any atom is 0.173 e. The number of hydrogen-bond donors (Lipinski definition) is 1. The molecule has 0 aliphatic heterocycles. The van der Waals surface area contributed by atoms with Crippen LogP contribution in [0.4, 0.5) is 0 Å². The van der Waals surface area contributed by atoms with E-state index in [1.165, 1.54) is 0 Å². The Morgan fingerprint density at radius 2 is 2.00 bits per heavy atom. The van der Waals surface area contributed by atoms with Gasteiger partial charge in [-0.15, -0.1) is 5.10 Å². The molecule has 0 aliphatic rings. The summed E-state index contributed by atoms with van der Waals surface area (Å²) in [6, 6.07) is 5.33. The second-order valence-electron chi connectivity index (χ2n) is 4.19. The average Bonchev–Trinajstić information content (AvgIpc) is 2.85. The number of hydrogen-bond acceptors (Lipinski definition) is 4. The molecule has 0 saturated heterocycles. The van der Waals surface area contributed by atoms with Crippen LogP contribution in [0, 0.1) is 0 Å². The molecule has 1 N–H and O–H groups in total. The topological polar surface area (TPSA) is 55.6 Å². The van der Waals surface area contributed by atoms with Crippen molar-refractivity contribution in [2.75, 3.05) is 6.54 Å². The lowest BCUT2D eigenvalue weighted by molar-refractivity contribution is 0.531. The van der Waals surface area contributed by atoms with E-state index in [9.17, 15) is 0 Å². The SMILES string of the molecule is CCCNC(C)c1nnnn1-c1c(Cl)cccc1Cl. The van der Waals surface area contributed by atoms with Gasteiger partial charge in [0.2, 0.25) is 0 Å². The first-order valence-corrected chi connectivity index (χ1v) is 6.86. The van der Waals surface area contributed by atoms with Crippen molar-refractivity contribution in [2.45, 2.75) is 26.3 Å². The summed E-state index contributed by atoms with van der Waals surface area (Å²) in [5.74, 6) is 0.684. The van der Waals surface area contributed by atoms with Gasteiger partial charge in [-0.25, -0.2) is 0 Å². The van der Waals surface area contributed by atoms with Crippen molar-refractivity contribution in [3.8, 4) is 5.69 Å². The molecule has 1 unspecified atom stereocenters. The Hall–Kier alpha value is -1.17. The minimum atomic E-state index is 0.0160. The van der Waals surface area contributed by atoms with Crippen LogP contribution in [0.25, 0.3) is 5.69 Å². The molecule has 19 heavy (non-hydrogen) atoms. The fourth-order valence-electron chi connectivity index (χ4n) is 1.77. The fourth-order valence-corrected chi connectivity index (χ4v) is 2.32. The summed E-state index contributed by atoms with van der Waals surface area (Å²) in [5.41, 5.74) is 0.607. The van der Waals surface area contributed by atoms with E-state index in [1.807, 2.05) is 6.92 Å². The van der Waals surface area contributed by atoms with Crippen LogP contribution in [0.1, 0.15) is 32.1 Å². The number of aromatic nitrogens is 4. The average molecular weight is 300 g/mol. The van der Waals surface area contributed by atoms with Crippen molar-refractivity contribution < 1.29 is 0 Å². The van der Waals surface area contributed by atoms with E-state index in [1.54, 1.807) is 22.9 Å². The summed E-state index contributed by atoms with van der Waals surface area (Å²) in [5, 5.41) is 16.1. The fraction of sp³-hybridized carbons (Fsp3) is 0.417. The lowest BCUT2D eigenvalue weighted by atomic mass is 10.2. The number of nitrogens with zero attached hydrogens (tertiary/aromatic N) is 4. The highest BCUT2D eigenvalue weighted by Crippen LogP contribution is 2.29. The zero-order chi connectivity index (χ0) is 13.8. The van der Waals surface area contributed by atoms with Gasteiger partial charge in [-0.2, -0.15) is 4.68 Å². The van der Waals surface area contributed by atoms with Crippen LogP contribution < -0.4 is 5.32 Å². The van der Waals surface area contributed by atoms with Crippen molar-refractivity contribution >= 4 is 23.2 Å². The van der Waals surface area contributed by atoms with Crippen molar-refractivity contribution in [1.82, 2.24) is 25.5 Å². The third-order valence-corrected chi connectivity index (χ3v) is 3.34. The van der Waals surface area contributed by atoms with Gasteiger partial charge in [-0.05, 0) is 42.4 Å². The second-order valence-corrected chi connectivity index (χ2v) is 5.01. The molecule has 5 nitrogen and oxygen atoms in total. The third kappa shape index (κ3) is 3.05. The van der Waals surface area contributed by atoms with Crippen LogP contribution >= 0.6 is 23.2 Å². The Morgan fingerprint density at radius 3 is 2.63 bits per heavy atom. The van der Waals surface area contributed by atoms with Crippen molar-refractivity contribution in [2.24, 2.45) is 0 Å². The number of benzene rings is 1. The molecular weight excluding hydrogens is 285 g/mol. The zero-order valence-electron chi connectivity index (χ0n) is 10.8. The summed E-state index contributed by atoms with van der Waals surface area (Å²) < 4.78 is 1.58. The van der Waals surface area contributed by atoms with Crippen molar-refractivity contribution in [3.63, 3.8) is 0 Å². The van der Waals surface area contributed by atoms with Crippen LogP contribution in [0.3, 0.4) is 0 Å². The first-order valence-electron chi connectivity index (χ1n) is 6.11. The van der Waals surface area contributed by atoms with Crippen molar-refractivity contribution in [3.05, 3.63) is 34.1 Å². The van der Waals surface area contributed by atoms with Crippen molar-refractivity contribution in [1.29, 1.82) is 0 Å². The molecule has 0 aliphatic carbocycles. The summed E-state index contributed by atoms with van der Waals surface area (Å²) in [6.45, 7) is 5.00. The van der Waals surface area contributed by atoms with Crippen LogP contribution in [-0.4, -0.2) is 26.8 Å². The zero-order valence-corrected chi connectivity index (χ0v) is 12.3. The van der Waals surface area contributed by atoms with Gasteiger partial charge in [0.25, 0.3) is 0 Å². The van der Waals surface area contributed by atoms with Crippen LogP contribution in [0.5, 0.6) is 0 Å². The Morgan fingerprint density at radius 1 is 1.32 bits per heavy atom. The quantitative estimate of drug-likeness (QED) is 0.922. The lowest BCUT2D eigenvalue weighted by Gasteiger charge is -2.14. The molecule has 0 saturated carbocycles. The van der Waals surface area contributed by atoms with Gasteiger partial charge in [0, 0.05) is 0 Å². The predicted molar refractivity (Wildman–Crippen MR) is 75.9 cm³/mol. The maximum absolute atomic E-state index is 6.18. The van der Waals surface area contributed by atoms with Gasteiger partial charge in [-0.3, -0.25) is 0 Å². The first-order chi connectivity index (χ1) is 9.15. The molecule has 2 aromatic rings. The van der Waals surface area contributed by atoms with Gasteiger partial charge in [-0.1, -0.05) is 36.2 Å². The van der Waals surface area contributed by atoms with E-state index in [0.29, 0.717) is 21.6 Å². The van der Waals surface area contributed by atoms with Gasteiger partial charge in [0.05, 0.1) is 16.1 Å². The Bertz CT molecular complexity index is 535. The highest BCUT2D eigenvalue weighted by atomic mass is 35.5. The minimum Gasteiger partial charge on any atom is -0.307 e. The van der Waals surface area contributed by atoms with E-state index in [0.717, 1.165) is 13.0 Å². The van der Waals surface area contributed by atoms with Crippen LogP contribution in [0.15, 0.2) is 18.2 Å². The van der Waals surface area contributed by atoms with Crippen LogP contribution in [0.2, 0.25) is 10.0 Å². The summed E-state index contributed by atoms with van der Waals surface area (Å²) in [7, 11) is 0. The summed E-state index contributed by atoms with van der Waals surface area (Å²) in [4.78, 5) is 0. The third-order valence-electron chi connectivity index (χ3n) is 2.73. The van der Waals surface area contributed by atoms with Gasteiger partial charge in [0.1, 0.15) is 5.69 Å². The smallest absolute Gasteiger partial charge is 0.173 e. The highest BCUT2D eigenvalue weighted by Gasteiger charge is 2.18. The van der Waals surface area contributed by atoms with E-state index in [2.05, 4.69) is 27.8 Å². The molecule has 0 amide bonds. The largest absolute Gasteiger partial charge is 0.307 e. The van der Waals surface area contributed by atoms with E-state index in [-0.39, 0.29) is 6.04 Å². The van der Waals surface area contributed by atoms with Crippen LogP contribution in [-0.2, 0) is 0 Å². The Labute approximate surface area is 121 Å². The number of nitrogens with one attached hydrogen (secondary N) is 1. The first kappa shape index (κ1) is 14.2. The van der Waals surface area contributed by atoms with Gasteiger partial charge >= 0.3 is 0 Å². The Kier molecular flexibility index (Phi) is 4.74. The number of para-hydroxylation sites is 1. The maximum atomic E-state index is 6.18. The molecule has 7 heteroatoms.